The first-order chi connectivity index (χ1) is 9.52. The van der Waals surface area contributed by atoms with Crippen LogP contribution in [0.25, 0.3) is 0 Å². The van der Waals surface area contributed by atoms with Crippen molar-refractivity contribution in [3.8, 4) is 0 Å². The summed E-state index contributed by atoms with van der Waals surface area (Å²) in [5, 5.41) is 10.7. The minimum absolute atomic E-state index is 0.204. The Balaban J connectivity index is 2.50. The lowest BCUT2D eigenvalue weighted by Gasteiger charge is -2.20. The Hall–Kier alpha value is -2.37. The Kier molecular flexibility index (Phi) is 6.22. The SMILES string of the molecule is CCN(Cc1ccccc1)C(=O)NC(=O)CCC(=O)O. The van der Waals surface area contributed by atoms with Crippen molar-refractivity contribution in [2.45, 2.75) is 26.3 Å². The van der Waals surface area contributed by atoms with E-state index in [0.29, 0.717) is 13.1 Å². The summed E-state index contributed by atoms with van der Waals surface area (Å²) < 4.78 is 0. The number of amides is 3. The van der Waals surface area contributed by atoms with Crippen molar-refractivity contribution in [3.05, 3.63) is 35.9 Å². The van der Waals surface area contributed by atoms with Crippen LogP contribution < -0.4 is 5.32 Å². The minimum atomic E-state index is -1.07. The average molecular weight is 278 g/mol. The highest BCUT2D eigenvalue weighted by molar-refractivity contribution is 5.95. The monoisotopic (exact) mass is 278 g/mol. The van der Waals surface area contributed by atoms with Crippen molar-refractivity contribution in [3.63, 3.8) is 0 Å². The Morgan fingerprint density at radius 3 is 2.35 bits per heavy atom. The number of carbonyl (C=O) groups excluding carboxylic acids is 2. The molecule has 20 heavy (non-hydrogen) atoms. The first-order valence-electron chi connectivity index (χ1n) is 6.37. The van der Waals surface area contributed by atoms with Gasteiger partial charge in [0.2, 0.25) is 5.91 Å². The maximum atomic E-state index is 11.9. The van der Waals surface area contributed by atoms with Crippen LogP contribution in [-0.2, 0) is 16.1 Å². The van der Waals surface area contributed by atoms with Gasteiger partial charge in [0.1, 0.15) is 0 Å². The van der Waals surface area contributed by atoms with Crippen LogP contribution in [-0.4, -0.2) is 34.5 Å². The van der Waals surface area contributed by atoms with Gasteiger partial charge in [0.25, 0.3) is 0 Å². The molecule has 6 nitrogen and oxygen atoms in total. The molecule has 0 aliphatic heterocycles. The third-order valence-electron chi connectivity index (χ3n) is 2.70. The van der Waals surface area contributed by atoms with Crippen molar-refractivity contribution in [1.82, 2.24) is 10.2 Å². The van der Waals surface area contributed by atoms with E-state index in [2.05, 4.69) is 5.32 Å². The van der Waals surface area contributed by atoms with Gasteiger partial charge < -0.3 is 10.0 Å². The van der Waals surface area contributed by atoms with Crippen molar-refractivity contribution < 1.29 is 19.5 Å². The molecule has 6 heteroatoms. The van der Waals surface area contributed by atoms with Gasteiger partial charge in [0.05, 0.1) is 6.42 Å². The molecule has 1 aromatic rings. The van der Waals surface area contributed by atoms with Gasteiger partial charge in [-0.2, -0.15) is 0 Å². The molecule has 0 bridgehead atoms. The molecule has 0 atom stereocenters. The maximum absolute atomic E-state index is 11.9. The Morgan fingerprint density at radius 2 is 1.80 bits per heavy atom. The third-order valence-corrected chi connectivity index (χ3v) is 2.70. The van der Waals surface area contributed by atoms with E-state index in [9.17, 15) is 14.4 Å². The van der Waals surface area contributed by atoms with Gasteiger partial charge in [-0.1, -0.05) is 30.3 Å². The van der Waals surface area contributed by atoms with Crippen LogP contribution in [0.1, 0.15) is 25.3 Å². The lowest BCUT2D eigenvalue weighted by atomic mass is 10.2. The first kappa shape index (κ1) is 15.7. The summed E-state index contributed by atoms with van der Waals surface area (Å²) >= 11 is 0. The van der Waals surface area contributed by atoms with Crippen LogP contribution in [0.3, 0.4) is 0 Å². The quantitative estimate of drug-likeness (QED) is 0.827. The number of imide groups is 1. The molecular formula is C14H18N2O4. The molecule has 1 aromatic carbocycles. The number of hydrogen-bond acceptors (Lipinski definition) is 3. The zero-order chi connectivity index (χ0) is 15.0. The molecule has 0 unspecified atom stereocenters. The predicted octanol–water partition coefficient (Wildman–Crippen LogP) is 1.61. The van der Waals surface area contributed by atoms with E-state index in [-0.39, 0.29) is 12.8 Å². The summed E-state index contributed by atoms with van der Waals surface area (Å²) in [6.45, 7) is 2.66. The van der Waals surface area contributed by atoms with Gasteiger partial charge in [-0.25, -0.2) is 4.79 Å². The molecule has 108 valence electrons. The van der Waals surface area contributed by atoms with Gasteiger partial charge in [-0.3, -0.25) is 14.9 Å². The number of carboxylic acids is 1. The minimum Gasteiger partial charge on any atom is -0.481 e. The number of carboxylic acid groups (broad SMARTS) is 1. The highest BCUT2D eigenvalue weighted by Crippen LogP contribution is 2.04. The lowest BCUT2D eigenvalue weighted by Crippen LogP contribution is -2.42. The van der Waals surface area contributed by atoms with E-state index in [0.717, 1.165) is 5.56 Å². The smallest absolute Gasteiger partial charge is 0.324 e. The molecule has 0 heterocycles. The van der Waals surface area contributed by atoms with Crippen LogP contribution >= 0.6 is 0 Å². The van der Waals surface area contributed by atoms with Crippen molar-refractivity contribution >= 4 is 17.9 Å². The van der Waals surface area contributed by atoms with Gasteiger partial charge in [-0.05, 0) is 12.5 Å². The number of nitrogens with zero attached hydrogens (tertiary/aromatic N) is 1. The summed E-state index contributed by atoms with van der Waals surface area (Å²) in [6.07, 6.45) is -0.492. The maximum Gasteiger partial charge on any atom is 0.324 e. The second-order valence-corrected chi connectivity index (χ2v) is 4.25. The summed E-state index contributed by atoms with van der Waals surface area (Å²) in [7, 11) is 0. The predicted molar refractivity (Wildman–Crippen MR) is 72.9 cm³/mol. The zero-order valence-electron chi connectivity index (χ0n) is 11.3. The van der Waals surface area contributed by atoms with E-state index in [1.807, 2.05) is 37.3 Å². The largest absolute Gasteiger partial charge is 0.481 e. The Bertz CT molecular complexity index is 473. The number of benzene rings is 1. The highest BCUT2D eigenvalue weighted by Gasteiger charge is 2.15. The molecule has 0 saturated heterocycles. The average Bonchev–Trinajstić information content (AvgIpc) is 2.43. The van der Waals surface area contributed by atoms with Crippen LogP contribution in [0.15, 0.2) is 30.3 Å². The molecule has 2 N–H and O–H groups in total. The lowest BCUT2D eigenvalue weighted by molar-refractivity contribution is -0.138. The number of carbonyl (C=O) groups is 3. The molecule has 0 aromatic heterocycles. The number of urea groups is 1. The Morgan fingerprint density at radius 1 is 1.15 bits per heavy atom. The second-order valence-electron chi connectivity index (χ2n) is 4.25. The van der Waals surface area contributed by atoms with Gasteiger partial charge in [-0.15, -0.1) is 0 Å². The van der Waals surface area contributed by atoms with E-state index in [4.69, 9.17) is 5.11 Å². The molecule has 1 rings (SSSR count). The fraction of sp³-hybridized carbons (Fsp3) is 0.357. The number of hydrogen-bond donors (Lipinski definition) is 2. The standard InChI is InChI=1S/C14H18N2O4/c1-2-16(10-11-6-4-3-5-7-11)14(20)15-12(17)8-9-13(18)19/h3-7H,2,8-10H2,1H3,(H,18,19)(H,15,17,20). The molecule has 3 amide bonds. The topological polar surface area (TPSA) is 86.7 Å². The third kappa shape index (κ3) is 5.51. The fourth-order valence-corrected chi connectivity index (χ4v) is 1.61. The van der Waals surface area contributed by atoms with Crippen molar-refractivity contribution in [2.75, 3.05) is 6.54 Å². The normalized spacial score (nSPS) is 9.85. The second kappa shape index (κ2) is 7.93. The fourth-order valence-electron chi connectivity index (χ4n) is 1.61. The summed E-state index contributed by atoms with van der Waals surface area (Å²) in [5.41, 5.74) is 0.961. The van der Waals surface area contributed by atoms with Crippen molar-refractivity contribution in [2.24, 2.45) is 0 Å². The molecule has 0 aliphatic rings. The van der Waals surface area contributed by atoms with E-state index < -0.39 is 17.9 Å². The Labute approximate surface area is 117 Å². The first-order valence-corrected chi connectivity index (χ1v) is 6.37. The molecule has 0 radical (unpaired) electrons. The van der Waals surface area contributed by atoms with Gasteiger partial charge in [0, 0.05) is 19.5 Å². The van der Waals surface area contributed by atoms with Gasteiger partial charge >= 0.3 is 12.0 Å². The van der Waals surface area contributed by atoms with Crippen LogP contribution in [0, 0.1) is 0 Å². The molecular weight excluding hydrogens is 260 g/mol. The van der Waals surface area contributed by atoms with Crippen LogP contribution in [0.5, 0.6) is 0 Å². The summed E-state index contributed by atoms with van der Waals surface area (Å²) in [5.74, 6) is -1.65. The molecule has 0 spiro atoms. The molecule has 0 saturated carbocycles. The van der Waals surface area contributed by atoms with E-state index in [1.54, 1.807) is 0 Å². The number of nitrogens with one attached hydrogen (secondary N) is 1. The molecule has 0 fully saturated rings. The highest BCUT2D eigenvalue weighted by atomic mass is 16.4. The van der Waals surface area contributed by atoms with E-state index in [1.165, 1.54) is 4.90 Å². The van der Waals surface area contributed by atoms with E-state index >= 15 is 0 Å². The molecule has 0 aliphatic carbocycles. The van der Waals surface area contributed by atoms with Crippen molar-refractivity contribution in [1.29, 1.82) is 0 Å². The zero-order valence-corrected chi connectivity index (χ0v) is 11.3. The number of aliphatic carboxylic acids is 1. The van der Waals surface area contributed by atoms with Gasteiger partial charge in [0.15, 0.2) is 0 Å². The number of rotatable bonds is 6. The summed E-state index contributed by atoms with van der Waals surface area (Å²) in [4.78, 5) is 35.1. The van der Waals surface area contributed by atoms with Crippen LogP contribution in [0.2, 0.25) is 0 Å². The van der Waals surface area contributed by atoms with Crippen LogP contribution in [0.4, 0.5) is 4.79 Å². The summed E-state index contributed by atoms with van der Waals surface area (Å²) in [6, 6.07) is 8.91.